The fourth-order valence-corrected chi connectivity index (χ4v) is 3.99. The molecule has 1 aliphatic heterocycles. The number of benzene rings is 1. The molecule has 0 radical (unpaired) electrons. The van der Waals surface area contributed by atoms with Crippen LogP contribution < -0.4 is 5.73 Å². The van der Waals surface area contributed by atoms with Gasteiger partial charge in [-0.2, -0.15) is 0 Å². The van der Waals surface area contributed by atoms with Gasteiger partial charge in [0.15, 0.2) is 5.69 Å². The summed E-state index contributed by atoms with van der Waals surface area (Å²) < 4.78 is 14.7. The Kier molecular flexibility index (Phi) is 3.60. The summed E-state index contributed by atoms with van der Waals surface area (Å²) in [6.07, 6.45) is 3.76. The number of halogens is 1. The first kappa shape index (κ1) is 15.3. The van der Waals surface area contributed by atoms with Gasteiger partial charge in [-0.25, -0.2) is 9.07 Å². The van der Waals surface area contributed by atoms with Gasteiger partial charge in [-0.15, -0.1) is 5.10 Å². The van der Waals surface area contributed by atoms with Crippen LogP contribution in [0.15, 0.2) is 24.4 Å². The van der Waals surface area contributed by atoms with E-state index in [0.717, 1.165) is 24.9 Å². The average Bonchev–Trinajstić information content (AvgIpc) is 3.24. The Balaban J connectivity index is 1.54. The molecule has 1 saturated carbocycles. The molecule has 4 rings (SSSR count). The van der Waals surface area contributed by atoms with E-state index < -0.39 is 0 Å². The minimum atomic E-state index is -0.299. The largest absolute Gasteiger partial charge is 0.337 e. The molecule has 1 aliphatic carbocycles. The van der Waals surface area contributed by atoms with Crippen LogP contribution in [0.2, 0.25) is 0 Å². The van der Waals surface area contributed by atoms with Crippen LogP contribution in [-0.4, -0.2) is 44.9 Å². The van der Waals surface area contributed by atoms with Crippen molar-refractivity contribution < 1.29 is 9.18 Å². The van der Waals surface area contributed by atoms with Crippen molar-refractivity contribution in [3.63, 3.8) is 0 Å². The summed E-state index contributed by atoms with van der Waals surface area (Å²) in [6.45, 7) is 3.25. The third-order valence-electron chi connectivity index (χ3n) is 5.32. The maximum Gasteiger partial charge on any atom is 0.276 e. The fourth-order valence-electron chi connectivity index (χ4n) is 3.99. The summed E-state index contributed by atoms with van der Waals surface area (Å²) >= 11 is 0. The van der Waals surface area contributed by atoms with Crippen molar-refractivity contribution >= 4 is 5.91 Å². The molecule has 24 heavy (non-hydrogen) atoms. The van der Waals surface area contributed by atoms with E-state index in [1.807, 2.05) is 4.90 Å². The number of likely N-dealkylation sites (tertiary alicyclic amines) is 1. The molecule has 126 valence electrons. The van der Waals surface area contributed by atoms with Crippen molar-refractivity contribution in [2.45, 2.75) is 25.8 Å². The third kappa shape index (κ3) is 2.49. The predicted octanol–water partition coefficient (Wildman–Crippen LogP) is 1.52. The molecule has 2 heterocycles. The lowest BCUT2D eigenvalue weighted by atomic mass is 9.98. The predicted molar refractivity (Wildman–Crippen MR) is 86.1 cm³/mol. The Morgan fingerprint density at radius 3 is 2.92 bits per heavy atom. The Morgan fingerprint density at radius 1 is 1.33 bits per heavy atom. The van der Waals surface area contributed by atoms with E-state index in [9.17, 15) is 9.18 Å². The Morgan fingerprint density at radius 2 is 2.17 bits per heavy atom. The molecule has 0 bridgehead atoms. The van der Waals surface area contributed by atoms with Crippen molar-refractivity contribution in [2.75, 3.05) is 13.1 Å². The number of nitrogens with zero attached hydrogens (tertiary/aromatic N) is 4. The molecular weight excluding hydrogens is 309 g/mol. The first-order chi connectivity index (χ1) is 11.5. The maximum absolute atomic E-state index is 13.2. The van der Waals surface area contributed by atoms with Gasteiger partial charge >= 0.3 is 0 Å². The van der Waals surface area contributed by atoms with Crippen molar-refractivity contribution in [3.8, 4) is 5.69 Å². The Bertz CT molecular complexity index is 789. The normalized spacial score (nSPS) is 26.0. The van der Waals surface area contributed by atoms with Crippen LogP contribution in [0.1, 0.15) is 28.9 Å². The van der Waals surface area contributed by atoms with Gasteiger partial charge in [0.05, 0.1) is 11.9 Å². The average molecular weight is 329 g/mol. The van der Waals surface area contributed by atoms with Gasteiger partial charge in [0, 0.05) is 19.1 Å². The molecule has 0 spiro atoms. The maximum atomic E-state index is 13.2. The van der Waals surface area contributed by atoms with Crippen LogP contribution in [-0.2, 0) is 0 Å². The molecule has 2 aromatic rings. The van der Waals surface area contributed by atoms with Crippen molar-refractivity contribution in [2.24, 2.45) is 17.6 Å². The van der Waals surface area contributed by atoms with Crippen LogP contribution >= 0.6 is 0 Å². The Hall–Kier alpha value is -2.28. The number of rotatable bonds is 2. The number of aryl methyl sites for hydroxylation is 1. The number of hydrogen-bond acceptors (Lipinski definition) is 4. The highest BCUT2D eigenvalue weighted by molar-refractivity contribution is 5.92. The summed E-state index contributed by atoms with van der Waals surface area (Å²) in [7, 11) is 0. The molecule has 3 unspecified atom stereocenters. The van der Waals surface area contributed by atoms with Gasteiger partial charge < -0.3 is 10.6 Å². The van der Waals surface area contributed by atoms with Gasteiger partial charge in [0.1, 0.15) is 5.82 Å². The molecule has 3 atom stereocenters. The van der Waals surface area contributed by atoms with Crippen molar-refractivity contribution in [1.82, 2.24) is 19.9 Å². The number of hydrogen-bond donors (Lipinski definition) is 1. The van der Waals surface area contributed by atoms with Crippen LogP contribution in [0.25, 0.3) is 5.69 Å². The summed E-state index contributed by atoms with van der Waals surface area (Å²) in [5, 5.41) is 8.04. The molecule has 6 nitrogen and oxygen atoms in total. The number of amides is 1. The monoisotopic (exact) mass is 329 g/mol. The van der Waals surface area contributed by atoms with E-state index in [4.69, 9.17) is 5.73 Å². The smallest absolute Gasteiger partial charge is 0.276 e. The molecule has 2 N–H and O–H groups in total. The molecule has 1 aromatic heterocycles. The van der Waals surface area contributed by atoms with E-state index in [1.54, 1.807) is 19.2 Å². The zero-order valence-electron chi connectivity index (χ0n) is 13.5. The molecule has 2 fully saturated rings. The summed E-state index contributed by atoms with van der Waals surface area (Å²) in [5.74, 6) is 0.511. The molecule has 1 amide bonds. The van der Waals surface area contributed by atoms with E-state index in [0.29, 0.717) is 29.8 Å². The van der Waals surface area contributed by atoms with Crippen LogP contribution in [0.4, 0.5) is 4.39 Å². The lowest BCUT2D eigenvalue weighted by Gasteiger charge is -2.17. The van der Waals surface area contributed by atoms with Gasteiger partial charge in [0.2, 0.25) is 0 Å². The summed E-state index contributed by atoms with van der Waals surface area (Å²) in [4.78, 5) is 14.5. The van der Waals surface area contributed by atoms with Gasteiger partial charge in [-0.05, 0) is 55.4 Å². The second kappa shape index (κ2) is 5.66. The van der Waals surface area contributed by atoms with Crippen LogP contribution in [0.5, 0.6) is 0 Å². The second-order valence-electron chi connectivity index (χ2n) is 6.85. The Labute approximate surface area is 139 Å². The van der Waals surface area contributed by atoms with Gasteiger partial charge in [0.25, 0.3) is 5.91 Å². The number of fused-ring (bicyclic) bond motifs is 1. The standard InChI is InChI=1S/C17H20FN5O/c1-10-6-12(18)3-5-16(10)23-9-15(20-21-23)17(24)22-7-11-2-4-14(19)13(11)8-22/h3,5-6,9,11,13-14H,2,4,7-8,19H2,1H3. The summed E-state index contributed by atoms with van der Waals surface area (Å²) in [6, 6.07) is 4.63. The molecule has 1 saturated heterocycles. The topological polar surface area (TPSA) is 77.0 Å². The number of carbonyl (C=O) groups excluding carboxylic acids is 1. The summed E-state index contributed by atoms with van der Waals surface area (Å²) in [5.41, 5.74) is 7.89. The van der Waals surface area contributed by atoms with Crippen molar-refractivity contribution in [1.29, 1.82) is 0 Å². The van der Waals surface area contributed by atoms with Gasteiger partial charge in [-0.1, -0.05) is 5.21 Å². The minimum absolute atomic E-state index is 0.109. The second-order valence-corrected chi connectivity index (χ2v) is 6.85. The van der Waals surface area contributed by atoms with Gasteiger partial charge in [-0.3, -0.25) is 4.79 Å². The number of nitrogens with two attached hydrogens (primary N) is 1. The third-order valence-corrected chi connectivity index (χ3v) is 5.32. The first-order valence-corrected chi connectivity index (χ1v) is 8.26. The highest BCUT2D eigenvalue weighted by atomic mass is 19.1. The zero-order valence-corrected chi connectivity index (χ0v) is 13.5. The fraction of sp³-hybridized carbons (Fsp3) is 0.471. The van der Waals surface area contributed by atoms with Crippen LogP contribution in [0.3, 0.4) is 0 Å². The van der Waals surface area contributed by atoms with E-state index >= 15 is 0 Å². The van der Waals surface area contributed by atoms with E-state index in [-0.39, 0.29) is 17.8 Å². The molecule has 7 heteroatoms. The van der Waals surface area contributed by atoms with Crippen molar-refractivity contribution in [3.05, 3.63) is 41.5 Å². The lowest BCUT2D eigenvalue weighted by Crippen LogP contribution is -2.33. The molecule has 2 aliphatic rings. The highest BCUT2D eigenvalue weighted by Crippen LogP contribution is 2.37. The number of aromatic nitrogens is 3. The van der Waals surface area contributed by atoms with Crippen LogP contribution in [0, 0.1) is 24.6 Å². The zero-order chi connectivity index (χ0) is 16.8. The van der Waals surface area contributed by atoms with E-state index in [2.05, 4.69) is 10.3 Å². The first-order valence-electron chi connectivity index (χ1n) is 8.26. The SMILES string of the molecule is Cc1cc(F)ccc1-n1cc(C(=O)N2CC3CCC(N)C3C2)nn1. The lowest BCUT2D eigenvalue weighted by molar-refractivity contribution is 0.0773. The molecular formula is C17H20FN5O. The molecule has 1 aromatic carbocycles. The number of carbonyl (C=O) groups is 1. The van der Waals surface area contributed by atoms with E-state index in [1.165, 1.54) is 16.8 Å². The minimum Gasteiger partial charge on any atom is -0.337 e. The quantitative estimate of drug-likeness (QED) is 0.906. The highest BCUT2D eigenvalue weighted by Gasteiger charge is 2.43.